The Balaban J connectivity index is 1.15. The Kier molecular flexibility index (Phi) is 5.70. The standard InChI is InChI=1S/C28H34N8O2/c1-16(37)22-13-18-14-29-28(33-25(18)26(31-22)36-19-4-5-20(36)7-6-19)32-24-8-3-17-15-35(12-9-21(17)30-24)27(38)23-10-11-34(23)2/h3,8,13-14,16,19-20,23,37H,4-7,9-12,15H2,1-2H3,(H,29,30,32,33)/t16-,19?,20?,23-/m1/s1. The number of aliphatic hydroxyl groups excluding tert-OH is 1. The van der Waals surface area contributed by atoms with E-state index in [4.69, 9.17) is 15.0 Å². The lowest BCUT2D eigenvalue weighted by atomic mass is 10.00. The Morgan fingerprint density at radius 2 is 1.87 bits per heavy atom. The highest BCUT2D eigenvalue weighted by Crippen LogP contribution is 2.42. The van der Waals surface area contributed by atoms with Crippen LogP contribution in [0.4, 0.5) is 17.6 Å². The number of hydrogen-bond donors (Lipinski definition) is 2. The van der Waals surface area contributed by atoms with Crippen molar-refractivity contribution in [3.8, 4) is 0 Å². The molecule has 0 saturated carbocycles. The van der Waals surface area contributed by atoms with Gasteiger partial charge < -0.3 is 20.2 Å². The molecule has 198 valence electrons. The Hall–Kier alpha value is -3.37. The van der Waals surface area contributed by atoms with Gasteiger partial charge in [-0.15, -0.1) is 0 Å². The highest BCUT2D eigenvalue weighted by atomic mass is 16.3. The summed E-state index contributed by atoms with van der Waals surface area (Å²) in [4.78, 5) is 38.6. The molecule has 38 heavy (non-hydrogen) atoms. The first-order valence-electron chi connectivity index (χ1n) is 13.8. The van der Waals surface area contributed by atoms with Gasteiger partial charge in [-0.25, -0.2) is 19.9 Å². The van der Waals surface area contributed by atoms with E-state index in [1.165, 1.54) is 25.7 Å². The van der Waals surface area contributed by atoms with Crippen LogP contribution >= 0.6 is 0 Å². The Morgan fingerprint density at radius 3 is 2.55 bits per heavy atom. The summed E-state index contributed by atoms with van der Waals surface area (Å²) in [6.45, 7) is 4.04. The summed E-state index contributed by atoms with van der Waals surface area (Å²) in [5.41, 5.74) is 3.56. The lowest BCUT2D eigenvalue weighted by molar-refractivity contribution is -0.141. The maximum absolute atomic E-state index is 12.9. The van der Waals surface area contributed by atoms with Crippen LogP contribution in [0.1, 0.15) is 62.1 Å². The van der Waals surface area contributed by atoms with Crippen LogP contribution in [-0.2, 0) is 17.8 Å². The van der Waals surface area contributed by atoms with E-state index in [2.05, 4.69) is 26.2 Å². The van der Waals surface area contributed by atoms with Crippen molar-refractivity contribution < 1.29 is 9.90 Å². The number of carbonyl (C=O) groups is 1. The molecule has 0 aromatic carbocycles. The van der Waals surface area contributed by atoms with Gasteiger partial charge in [0, 0.05) is 55.4 Å². The van der Waals surface area contributed by atoms with Crippen LogP contribution < -0.4 is 10.2 Å². The molecular formula is C28H34N8O2. The molecule has 0 aliphatic carbocycles. The number of hydrogen-bond acceptors (Lipinski definition) is 9. The van der Waals surface area contributed by atoms with Gasteiger partial charge in [0.15, 0.2) is 5.82 Å². The van der Waals surface area contributed by atoms with Gasteiger partial charge in [-0.2, -0.15) is 0 Å². The van der Waals surface area contributed by atoms with Gasteiger partial charge in [0.25, 0.3) is 0 Å². The number of rotatable bonds is 5. The van der Waals surface area contributed by atoms with Gasteiger partial charge in [0.2, 0.25) is 11.9 Å². The summed E-state index contributed by atoms with van der Waals surface area (Å²) in [6.07, 6.45) is 7.56. The van der Waals surface area contributed by atoms with E-state index >= 15 is 0 Å². The number of aliphatic hydroxyl groups is 1. The molecule has 0 unspecified atom stereocenters. The maximum atomic E-state index is 12.9. The third-order valence-corrected chi connectivity index (χ3v) is 8.86. The number of carbonyl (C=O) groups excluding carboxylic acids is 1. The lowest BCUT2D eigenvalue weighted by Crippen LogP contribution is -2.55. The van der Waals surface area contributed by atoms with Crippen molar-refractivity contribution in [2.45, 2.75) is 76.2 Å². The van der Waals surface area contributed by atoms with Gasteiger partial charge in [-0.05, 0) is 63.8 Å². The highest BCUT2D eigenvalue weighted by molar-refractivity contribution is 5.90. The normalized spacial score (nSPS) is 25.4. The van der Waals surface area contributed by atoms with Gasteiger partial charge in [-0.3, -0.25) is 9.69 Å². The highest BCUT2D eigenvalue weighted by Gasteiger charge is 2.41. The minimum Gasteiger partial charge on any atom is -0.387 e. The molecule has 4 aliphatic rings. The molecule has 2 atom stereocenters. The fourth-order valence-corrected chi connectivity index (χ4v) is 6.58. The topological polar surface area (TPSA) is 111 Å². The number of likely N-dealkylation sites (tertiary alicyclic amines) is 1. The lowest BCUT2D eigenvalue weighted by Gasteiger charge is -2.40. The summed E-state index contributed by atoms with van der Waals surface area (Å²) in [6, 6.07) is 6.89. The third-order valence-electron chi connectivity index (χ3n) is 8.86. The third kappa shape index (κ3) is 3.97. The van der Waals surface area contributed by atoms with Gasteiger partial charge >= 0.3 is 0 Å². The van der Waals surface area contributed by atoms with Crippen LogP contribution in [0.2, 0.25) is 0 Å². The largest absolute Gasteiger partial charge is 0.387 e. The first kappa shape index (κ1) is 23.7. The van der Waals surface area contributed by atoms with Crippen molar-refractivity contribution in [3.05, 3.63) is 41.3 Å². The van der Waals surface area contributed by atoms with E-state index < -0.39 is 6.10 Å². The molecule has 0 radical (unpaired) electrons. The second-order valence-corrected chi connectivity index (χ2v) is 11.3. The van der Waals surface area contributed by atoms with E-state index in [-0.39, 0.29) is 11.9 Å². The number of likely N-dealkylation sites (N-methyl/N-ethyl adjacent to an activating group) is 1. The number of pyridine rings is 2. The van der Waals surface area contributed by atoms with Crippen LogP contribution in [0, 0.1) is 0 Å². The zero-order valence-corrected chi connectivity index (χ0v) is 22.0. The number of amides is 1. The number of nitrogens with one attached hydrogen (secondary N) is 1. The average Bonchev–Trinajstić information content (AvgIpc) is 3.51. The van der Waals surface area contributed by atoms with Crippen molar-refractivity contribution in [2.75, 3.05) is 30.4 Å². The Labute approximate surface area is 222 Å². The van der Waals surface area contributed by atoms with E-state index in [0.717, 1.165) is 47.4 Å². The van der Waals surface area contributed by atoms with Crippen molar-refractivity contribution in [2.24, 2.45) is 0 Å². The van der Waals surface area contributed by atoms with Crippen molar-refractivity contribution in [3.63, 3.8) is 0 Å². The van der Waals surface area contributed by atoms with Crippen LogP contribution in [0.5, 0.6) is 0 Å². The van der Waals surface area contributed by atoms with Crippen LogP contribution in [-0.4, -0.2) is 79.0 Å². The van der Waals surface area contributed by atoms with Crippen molar-refractivity contribution >= 4 is 34.4 Å². The van der Waals surface area contributed by atoms with Crippen molar-refractivity contribution in [1.29, 1.82) is 0 Å². The molecule has 7 rings (SSSR count). The zero-order chi connectivity index (χ0) is 26.0. The van der Waals surface area contributed by atoms with Gasteiger partial charge in [-0.1, -0.05) is 6.07 Å². The van der Waals surface area contributed by atoms with Crippen LogP contribution in [0.25, 0.3) is 10.9 Å². The minimum absolute atomic E-state index is 0.0299. The van der Waals surface area contributed by atoms with Crippen LogP contribution in [0.3, 0.4) is 0 Å². The number of fused-ring (bicyclic) bond motifs is 4. The SMILES string of the molecule is C[C@@H](O)c1cc2cnc(Nc3ccc4c(n3)CCN(C(=O)[C@H]3CCN3C)C4)nc2c(N2C3CCC2CC3)n1. The van der Waals surface area contributed by atoms with Crippen LogP contribution in [0.15, 0.2) is 24.4 Å². The molecule has 2 bridgehead atoms. The molecule has 3 saturated heterocycles. The van der Waals surface area contributed by atoms with Crippen molar-refractivity contribution in [1.82, 2.24) is 29.7 Å². The number of nitrogens with zero attached hydrogens (tertiary/aromatic N) is 7. The monoisotopic (exact) mass is 514 g/mol. The predicted molar refractivity (Wildman–Crippen MR) is 144 cm³/mol. The smallest absolute Gasteiger partial charge is 0.240 e. The summed E-state index contributed by atoms with van der Waals surface area (Å²) in [5.74, 6) is 2.25. The molecule has 2 N–H and O–H groups in total. The summed E-state index contributed by atoms with van der Waals surface area (Å²) in [7, 11) is 2.01. The van der Waals surface area contributed by atoms with E-state index in [1.807, 2.05) is 24.1 Å². The molecule has 10 nitrogen and oxygen atoms in total. The molecule has 1 amide bonds. The first-order valence-corrected chi connectivity index (χ1v) is 13.8. The molecule has 4 aliphatic heterocycles. The molecule has 3 aromatic heterocycles. The molecule has 7 heterocycles. The number of aromatic nitrogens is 4. The fraction of sp³-hybridized carbons (Fsp3) is 0.536. The first-order chi connectivity index (χ1) is 18.4. The average molecular weight is 515 g/mol. The van der Waals surface area contributed by atoms with E-state index in [0.29, 0.717) is 42.6 Å². The molecule has 10 heteroatoms. The quantitative estimate of drug-likeness (QED) is 0.531. The fourth-order valence-electron chi connectivity index (χ4n) is 6.58. The molecule has 3 aromatic rings. The second-order valence-electron chi connectivity index (χ2n) is 11.3. The number of anilines is 3. The predicted octanol–water partition coefficient (Wildman–Crippen LogP) is 2.94. The molecule has 0 spiro atoms. The summed E-state index contributed by atoms with van der Waals surface area (Å²) < 4.78 is 0. The summed E-state index contributed by atoms with van der Waals surface area (Å²) >= 11 is 0. The molecular weight excluding hydrogens is 480 g/mol. The minimum atomic E-state index is -0.656. The van der Waals surface area contributed by atoms with E-state index in [1.54, 1.807) is 13.1 Å². The zero-order valence-electron chi connectivity index (χ0n) is 22.0. The van der Waals surface area contributed by atoms with Gasteiger partial charge in [0.05, 0.1) is 17.8 Å². The maximum Gasteiger partial charge on any atom is 0.240 e. The van der Waals surface area contributed by atoms with Gasteiger partial charge in [0.1, 0.15) is 11.3 Å². The Bertz CT molecular complexity index is 1390. The molecule has 3 fully saturated rings. The summed E-state index contributed by atoms with van der Waals surface area (Å²) in [5, 5.41) is 14.5. The second kappa shape index (κ2) is 9.13. The van der Waals surface area contributed by atoms with E-state index in [9.17, 15) is 9.90 Å². The Morgan fingerprint density at radius 1 is 1.08 bits per heavy atom.